The fourth-order valence-corrected chi connectivity index (χ4v) is 2.40. The number of anilines is 2. The van der Waals surface area contributed by atoms with E-state index in [4.69, 9.17) is 9.47 Å². The van der Waals surface area contributed by atoms with Gasteiger partial charge in [0, 0.05) is 30.5 Å². The number of hydrogen-bond donors (Lipinski definition) is 1. The predicted octanol–water partition coefficient (Wildman–Crippen LogP) is 3.84. The van der Waals surface area contributed by atoms with Gasteiger partial charge in [-0.25, -0.2) is 0 Å². The zero-order chi connectivity index (χ0) is 16.7. The van der Waals surface area contributed by atoms with Crippen LogP contribution in [0.15, 0.2) is 48.5 Å². The Kier molecular flexibility index (Phi) is 6.29. The van der Waals surface area contributed by atoms with Crippen LogP contribution in [-0.4, -0.2) is 33.4 Å². The summed E-state index contributed by atoms with van der Waals surface area (Å²) in [6.07, 6.45) is 0. The highest BCUT2D eigenvalue weighted by molar-refractivity contribution is 5.64. The van der Waals surface area contributed by atoms with Crippen molar-refractivity contribution < 1.29 is 9.47 Å². The van der Waals surface area contributed by atoms with Gasteiger partial charge in [-0.1, -0.05) is 13.8 Å². The lowest BCUT2D eigenvalue weighted by Gasteiger charge is -2.26. The van der Waals surface area contributed by atoms with E-state index in [-0.39, 0.29) is 0 Å². The van der Waals surface area contributed by atoms with Crippen LogP contribution in [-0.2, 0) is 0 Å². The van der Waals surface area contributed by atoms with Crippen molar-refractivity contribution in [3.8, 4) is 11.5 Å². The fraction of sp³-hybridized carbons (Fsp3) is 0.368. The molecule has 0 fully saturated rings. The van der Waals surface area contributed by atoms with Crippen LogP contribution in [0.2, 0.25) is 0 Å². The van der Waals surface area contributed by atoms with Crippen molar-refractivity contribution in [3.05, 3.63) is 48.5 Å². The number of nitrogens with zero attached hydrogens (tertiary/aromatic N) is 1. The molecule has 0 aliphatic rings. The smallest absolute Gasteiger partial charge is 0.119 e. The first-order valence-corrected chi connectivity index (χ1v) is 7.93. The minimum absolute atomic E-state index is 0.476. The zero-order valence-corrected chi connectivity index (χ0v) is 14.4. The van der Waals surface area contributed by atoms with Crippen molar-refractivity contribution in [2.75, 3.05) is 32.2 Å². The van der Waals surface area contributed by atoms with E-state index in [9.17, 15) is 0 Å². The molecule has 2 rings (SSSR count). The molecule has 4 heteroatoms. The van der Waals surface area contributed by atoms with Gasteiger partial charge in [0.1, 0.15) is 11.5 Å². The summed E-state index contributed by atoms with van der Waals surface area (Å²) in [6, 6.07) is 16.8. The molecule has 0 bridgehead atoms. The topological polar surface area (TPSA) is 33.7 Å². The first-order valence-electron chi connectivity index (χ1n) is 7.93. The van der Waals surface area contributed by atoms with Crippen LogP contribution >= 0.6 is 0 Å². The maximum absolute atomic E-state index is 5.25. The highest BCUT2D eigenvalue weighted by Crippen LogP contribution is 2.28. The molecule has 0 aromatic heterocycles. The van der Waals surface area contributed by atoms with Crippen LogP contribution in [0.3, 0.4) is 0 Å². The zero-order valence-electron chi connectivity index (χ0n) is 14.4. The van der Waals surface area contributed by atoms with Crippen molar-refractivity contribution in [2.24, 2.45) is 0 Å². The molecule has 0 aliphatic carbocycles. The van der Waals surface area contributed by atoms with Gasteiger partial charge in [0.2, 0.25) is 0 Å². The van der Waals surface area contributed by atoms with Crippen molar-refractivity contribution in [3.63, 3.8) is 0 Å². The van der Waals surface area contributed by atoms with Gasteiger partial charge in [0.05, 0.1) is 14.2 Å². The van der Waals surface area contributed by atoms with Gasteiger partial charge >= 0.3 is 0 Å². The van der Waals surface area contributed by atoms with E-state index in [0.717, 1.165) is 36.0 Å². The lowest BCUT2D eigenvalue weighted by Crippen LogP contribution is -2.32. The Morgan fingerprint density at radius 1 is 0.826 bits per heavy atom. The summed E-state index contributed by atoms with van der Waals surface area (Å²) in [4.78, 5) is 2.29. The number of methoxy groups -OCH3 is 2. The molecule has 0 amide bonds. The Morgan fingerprint density at radius 3 is 1.61 bits per heavy atom. The molecule has 0 spiro atoms. The highest BCUT2D eigenvalue weighted by Gasteiger charge is 2.10. The molecule has 2 aromatic rings. The highest BCUT2D eigenvalue weighted by atomic mass is 16.5. The summed E-state index contributed by atoms with van der Waals surface area (Å²) >= 11 is 0. The molecule has 124 valence electrons. The third-order valence-corrected chi connectivity index (χ3v) is 3.66. The van der Waals surface area contributed by atoms with E-state index in [1.54, 1.807) is 14.2 Å². The van der Waals surface area contributed by atoms with Gasteiger partial charge in [-0.3, -0.25) is 0 Å². The number of ether oxygens (including phenoxy) is 2. The largest absolute Gasteiger partial charge is 0.497 e. The normalized spacial score (nSPS) is 10.7. The van der Waals surface area contributed by atoms with E-state index in [1.165, 1.54) is 0 Å². The summed E-state index contributed by atoms with van der Waals surface area (Å²) in [6.45, 7) is 6.11. The third kappa shape index (κ3) is 4.89. The van der Waals surface area contributed by atoms with E-state index in [0.29, 0.717) is 6.04 Å². The van der Waals surface area contributed by atoms with Gasteiger partial charge in [-0.2, -0.15) is 0 Å². The van der Waals surface area contributed by atoms with Crippen LogP contribution in [0.1, 0.15) is 13.8 Å². The van der Waals surface area contributed by atoms with Crippen LogP contribution in [0.4, 0.5) is 11.4 Å². The molecular formula is C19H26N2O2. The molecular weight excluding hydrogens is 288 g/mol. The van der Waals surface area contributed by atoms with E-state index < -0.39 is 0 Å². The molecule has 0 aliphatic heterocycles. The van der Waals surface area contributed by atoms with Gasteiger partial charge in [-0.15, -0.1) is 0 Å². The fourth-order valence-electron chi connectivity index (χ4n) is 2.40. The molecule has 1 N–H and O–H groups in total. The lowest BCUT2D eigenvalue weighted by atomic mass is 10.2. The monoisotopic (exact) mass is 314 g/mol. The average Bonchev–Trinajstić information content (AvgIpc) is 2.59. The molecule has 0 atom stereocenters. The molecule has 0 radical (unpaired) electrons. The predicted molar refractivity (Wildman–Crippen MR) is 96.1 cm³/mol. The van der Waals surface area contributed by atoms with Crippen LogP contribution in [0.25, 0.3) is 0 Å². The summed E-state index contributed by atoms with van der Waals surface area (Å²) in [5.74, 6) is 1.73. The molecule has 0 unspecified atom stereocenters. The summed E-state index contributed by atoms with van der Waals surface area (Å²) in [7, 11) is 3.37. The van der Waals surface area contributed by atoms with Gasteiger partial charge < -0.3 is 19.7 Å². The number of nitrogens with one attached hydrogen (secondary N) is 1. The summed E-state index contributed by atoms with van der Waals surface area (Å²) < 4.78 is 10.5. The molecule has 0 heterocycles. The lowest BCUT2D eigenvalue weighted by molar-refractivity contribution is 0.415. The average molecular weight is 314 g/mol. The molecule has 0 saturated carbocycles. The molecule has 2 aromatic carbocycles. The second-order valence-corrected chi connectivity index (χ2v) is 5.66. The minimum Gasteiger partial charge on any atom is -0.497 e. The second-order valence-electron chi connectivity index (χ2n) is 5.66. The number of hydrogen-bond acceptors (Lipinski definition) is 4. The summed E-state index contributed by atoms with van der Waals surface area (Å²) in [5, 5.41) is 3.47. The minimum atomic E-state index is 0.476. The van der Waals surface area contributed by atoms with Crippen molar-refractivity contribution in [1.82, 2.24) is 5.32 Å². The standard InChI is InChI=1S/C19H26N2O2/c1-15(2)20-13-14-21(16-5-9-18(22-3)10-6-16)17-7-11-19(23-4)12-8-17/h5-12,15,20H,13-14H2,1-4H3. The Balaban J connectivity index is 2.21. The maximum atomic E-state index is 5.25. The Hall–Kier alpha value is -2.20. The van der Waals surface area contributed by atoms with Crippen molar-refractivity contribution in [1.29, 1.82) is 0 Å². The molecule has 23 heavy (non-hydrogen) atoms. The second kappa shape index (κ2) is 8.44. The third-order valence-electron chi connectivity index (χ3n) is 3.66. The Labute approximate surface area is 139 Å². The Morgan fingerprint density at radius 2 is 1.26 bits per heavy atom. The quantitative estimate of drug-likeness (QED) is 0.802. The van der Waals surface area contributed by atoms with E-state index >= 15 is 0 Å². The summed E-state index contributed by atoms with van der Waals surface area (Å²) in [5.41, 5.74) is 2.28. The first kappa shape index (κ1) is 17.2. The van der Waals surface area contributed by atoms with E-state index in [1.807, 2.05) is 24.3 Å². The first-order chi connectivity index (χ1) is 11.1. The molecule has 0 saturated heterocycles. The van der Waals surface area contributed by atoms with E-state index in [2.05, 4.69) is 48.3 Å². The van der Waals surface area contributed by atoms with Crippen LogP contribution < -0.4 is 19.7 Å². The van der Waals surface area contributed by atoms with Crippen LogP contribution in [0, 0.1) is 0 Å². The molecule has 4 nitrogen and oxygen atoms in total. The number of benzene rings is 2. The van der Waals surface area contributed by atoms with Crippen molar-refractivity contribution >= 4 is 11.4 Å². The van der Waals surface area contributed by atoms with Gasteiger partial charge in [0.25, 0.3) is 0 Å². The SMILES string of the molecule is COc1ccc(N(CCNC(C)C)c2ccc(OC)cc2)cc1. The van der Waals surface area contributed by atoms with Crippen molar-refractivity contribution in [2.45, 2.75) is 19.9 Å². The van der Waals surface area contributed by atoms with Crippen LogP contribution in [0.5, 0.6) is 11.5 Å². The van der Waals surface area contributed by atoms with Gasteiger partial charge in [0.15, 0.2) is 0 Å². The Bertz CT molecular complexity index is 532. The number of rotatable bonds is 8. The maximum Gasteiger partial charge on any atom is 0.119 e. The van der Waals surface area contributed by atoms with Gasteiger partial charge in [-0.05, 0) is 48.5 Å².